The van der Waals surface area contributed by atoms with Gasteiger partial charge in [-0.1, -0.05) is 0 Å². The van der Waals surface area contributed by atoms with Crippen molar-refractivity contribution in [3.63, 3.8) is 0 Å². The molecule has 6 N–H and O–H groups in total. The number of carboxylic acids is 1. The molecule has 0 aromatic carbocycles. The smallest absolute Gasteiger partial charge is 0.326 e. The average Bonchev–Trinajstić information content (AvgIpc) is 3.05. The lowest BCUT2D eigenvalue weighted by Gasteiger charge is -2.28. The van der Waals surface area contributed by atoms with Gasteiger partial charge in [0, 0.05) is 12.3 Å². The predicted molar refractivity (Wildman–Crippen MR) is 95.4 cm³/mol. The molecule has 5 atom stereocenters. The minimum absolute atomic E-state index is 0.0683. The van der Waals surface area contributed by atoms with E-state index >= 15 is 0 Å². The van der Waals surface area contributed by atoms with Gasteiger partial charge in [-0.15, -0.1) is 0 Å². The summed E-state index contributed by atoms with van der Waals surface area (Å²) < 4.78 is 0. The van der Waals surface area contributed by atoms with Gasteiger partial charge < -0.3 is 31.5 Å². The fourth-order valence-corrected chi connectivity index (χ4v) is 2.87. The van der Waals surface area contributed by atoms with E-state index in [1.165, 1.54) is 18.7 Å². The highest BCUT2D eigenvalue weighted by atomic mass is 32.1. The van der Waals surface area contributed by atoms with Crippen molar-refractivity contribution in [2.24, 2.45) is 5.73 Å². The normalized spacial score (nSPS) is 21.4. The van der Waals surface area contributed by atoms with Gasteiger partial charge in [0.25, 0.3) is 0 Å². The molecule has 1 fully saturated rings. The van der Waals surface area contributed by atoms with Crippen molar-refractivity contribution in [1.82, 2.24) is 15.5 Å². The molecule has 1 aliphatic heterocycles. The maximum Gasteiger partial charge on any atom is 0.326 e. The molecule has 11 heteroatoms. The van der Waals surface area contributed by atoms with E-state index < -0.39 is 54.0 Å². The molecular weight excluding hydrogens is 364 g/mol. The summed E-state index contributed by atoms with van der Waals surface area (Å²) in [5.41, 5.74) is 5.43. The number of aliphatic hydroxyl groups excluding tert-OH is 1. The first-order valence-electron chi connectivity index (χ1n) is 8.28. The van der Waals surface area contributed by atoms with Crippen LogP contribution in [0.3, 0.4) is 0 Å². The van der Waals surface area contributed by atoms with Crippen LogP contribution in [0.4, 0.5) is 0 Å². The molecule has 1 heterocycles. The van der Waals surface area contributed by atoms with E-state index in [9.17, 15) is 29.4 Å². The van der Waals surface area contributed by atoms with Crippen LogP contribution in [-0.2, 0) is 19.2 Å². The number of nitrogens with zero attached hydrogens (tertiary/aromatic N) is 1. The van der Waals surface area contributed by atoms with Crippen LogP contribution in [0, 0.1) is 0 Å². The Kier molecular flexibility index (Phi) is 8.31. The van der Waals surface area contributed by atoms with Gasteiger partial charge in [-0.25, -0.2) is 4.79 Å². The molecule has 0 bridgehead atoms. The SMILES string of the molecule is CC(N)C(=O)NC(C(=O)NC(CS)C(=O)N1CCCC1C(=O)O)C(C)O. The number of amides is 3. The summed E-state index contributed by atoms with van der Waals surface area (Å²) in [6.45, 7) is 3.01. The third-order valence-corrected chi connectivity index (χ3v) is 4.46. The largest absolute Gasteiger partial charge is 0.480 e. The number of aliphatic hydroxyl groups is 1. The van der Waals surface area contributed by atoms with Gasteiger partial charge in [-0.3, -0.25) is 14.4 Å². The summed E-state index contributed by atoms with van der Waals surface area (Å²) in [6.07, 6.45) is -0.335. The molecule has 0 aromatic heterocycles. The number of carbonyl (C=O) groups excluding carboxylic acids is 3. The second-order valence-corrected chi connectivity index (χ2v) is 6.65. The van der Waals surface area contributed by atoms with Gasteiger partial charge in [0.1, 0.15) is 18.1 Å². The minimum Gasteiger partial charge on any atom is -0.480 e. The van der Waals surface area contributed by atoms with Crippen molar-refractivity contribution in [3.05, 3.63) is 0 Å². The Labute approximate surface area is 156 Å². The lowest BCUT2D eigenvalue weighted by Crippen LogP contribution is -2.60. The molecule has 26 heavy (non-hydrogen) atoms. The van der Waals surface area contributed by atoms with E-state index in [0.717, 1.165) is 0 Å². The van der Waals surface area contributed by atoms with Crippen LogP contribution in [0.15, 0.2) is 0 Å². The quantitative estimate of drug-likeness (QED) is 0.254. The zero-order chi connectivity index (χ0) is 20.0. The van der Waals surface area contributed by atoms with Gasteiger partial charge in [0.05, 0.1) is 12.1 Å². The highest BCUT2D eigenvalue weighted by molar-refractivity contribution is 7.80. The number of nitrogens with one attached hydrogen (secondary N) is 2. The number of carbonyl (C=O) groups is 4. The monoisotopic (exact) mass is 390 g/mol. The Balaban J connectivity index is 2.83. The Morgan fingerprint density at radius 1 is 1.23 bits per heavy atom. The molecule has 3 amide bonds. The maximum absolute atomic E-state index is 12.6. The predicted octanol–water partition coefficient (Wildman–Crippen LogP) is -2.31. The number of likely N-dealkylation sites (tertiary alicyclic amines) is 1. The summed E-state index contributed by atoms with van der Waals surface area (Å²) in [5, 5.41) is 23.7. The van der Waals surface area contributed by atoms with E-state index in [-0.39, 0.29) is 12.3 Å². The van der Waals surface area contributed by atoms with Crippen LogP contribution in [0.1, 0.15) is 26.7 Å². The van der Waals surface area contributed by atoms with Crippen molar-refractivity contribution in [3.8, 4) is 0 Å². The summed E-state index contributed by atoms with van der Waals surface area (Å²) in [7, 11) is 0. The molecule has 10 nitrogen and oxygen atoms in total. The number of carboxylic acid groups (broad SMARTS) is 1. The molecule has 0 radical (unpaired) electrons. The maximum atomic E-state index is 12.6. The van der Waals surface area contributed by atoms with Crippen molar-refractivity contribution >= 4 is 36.3 Å². The van der Waals surface area contributed by atoms with Crippen LogP contribution in [0.2, 0.25) is 0 Å². The highest BCUT2D eigenvalue weighted by Gasteiger charge is 2.38. The molecule has 0 saturated carbocycles. The van der Waals surface area contributed by atoms with Crippen LogP contribution in [0.5, 0.6) is 0 Å². The third-order valence-electron chi connectivity index (χ3n) is 4.09. The Morgan fingerprint density at radius 2 is 1.85 bits per heavy atom. The van der Waals surface area contributed by atoms with Crippen molar-refractivity contribution in [2.75, 3.05) is 12.3 Å². The first kappa shape index (κ1) is 22.2. The van der Waals surface area contributed by atoms with E-state index in [1.54, 1.807) is 0 Å². The summed E-state index contributed by atoms with van der Waals surface area (Å²) in [4.78, 5) is 49.1. The van der Waals surface area contributed by atoms with Crippen molar-refractivity contribution < 1.29 is 29.4 Å². The first-order valence-corrected chi connectivity index (χ1v) is 8.91. The van der Waals surface area contributed by atoms with E-state index in [2.05, 4.69) is 23.3 Å². The molecule has 0 aromatic rings. The van der Waals surface area contributed by atoms with E-state index in [1.807, 2.05) is 0 Å². The Bertz CT molecular complexity index is 556. The highest BCUT2D eigenvalue weighted by Crippen LogP contribution is 2.18. The summed E-state index contributed by atoms with van der Waals surface area (Å²) >= 11 is 4.05. The summed E-state index contributed by atoms with van der Waals surface area (Å²) in [5.74, 6) is -3.16. The Hall–Kier alpha value is -1.85. The van der Waals surface area contributed by atoms with Crippen molar-refractivity contribution in [1.29, 1.82) is 0 Å². The molecular formula is C15H26N4O6S. The number of aliphatic carboxylic acids is 1. The van der Waals surface area contributed by atoms with E-state index in [4.69, 9.17) is 5.73 Å². The zero-order valence-electron chi connectivity index (χ0n) is 14.7. The van der Waals surface area contributed by atoms with Gasteiger partial charge in [0.15, 0.2) is 0 Å². The molecule has 0 aliphatic carbocycles. The molecule has 5 unspecified atom stereocenters. The van der Waals surface area contributed by atoms with Gasteiger partial charge in [-0.2, -0.15) is 12.6 Å². The fourth-order valence-electron chi connectivity index (χ4n) is 2.62. The summed E-state index contributed by atoms with van der Waals surface area (Å²) in [6, 6.07) is -4.21. The molecule has 0 spiro atoms. The molecule has 148 valence electrons. The van der Waals surface area contributed by atoms with E-state index in [0.29, 0.717) is 12.8 Å². The van der Waals surface area contributed by atoms with Crippen LogP contribution < -0.4 is 16.4 Å². The van der Waals surface area contributed by atoms with Crippen molar-refractivity contribution in [2.45, 2.75) is 57.0 Å². The van der Waals surface area contributed by atoms with Gasteiger partial charge in [0.2, 0.25) is 17.7 Å². The van der Waals surface area contributed by atoms with Gasteiger partial charge >= 0.3 is 5.97 Å². The zero-order valence-corrected chi connectivity index (χ0v) is 15.6. The van der Waals surface area contributed by atoms with Crippen LogP contribution >= 0.6 is 12.6 Å². The number of nitrogens with two attached hydrogens (primary N) is 1. The standard InChI is InChI=1S/C15H26N4O6S/c1-7(16)12(21)18-11(8(2)20)13(22)17-9(6-26)14(23)19-5-3-4-10(19)15(24)25/h7-11,20,26H,3-6,16H2,1-2H3,(H,17,22)(H,18,21)(H,24,25). The lowest BCUT2D eigenvalue weighted by molar-refractivity contribution is -0.149. The number of hydrogen-bond donors (Lipinski definition) is 6. The number of thiol groups is 1. The topological polar surface area (TPSA) is 162 Å². The Morgan fingerprint density at radius 3 is 2.31 bits per heavy atom. The average molecular weight is 390 g/mol. The van der Waals surface area contributed by atoms with Gasteiger partial charge in [-0.05, 0) is 26.7 Å². The third kappa shape index (κ3) is 5.58. The first-order chi connectivity index (χ1) is 12.1. The molecule has 1 saturated heterocycles. The number of hydrogen-bond acceptors (Lipinski definition) is 7. The minimum atomic E-state index is -1.31. The number of rotatable bonds is 8. The van der Waals surface area contributed by atoms with Crippen LogP contribution in [0.25, 0.3) is 0 Å². The molecule has 1 aliphatic rings. The molecule has 1 rings (SSSR count). The lowest BCUT2D eigenvalue weighted by atomic mass is 10.1. The second kappa shape index (κ2) is 9.74. The van der Waals surface area contributed by atoms with Crippen LogP contribution in [-0.4, -0.2) is 81.4 Å². The fraction of sp³-hybridized carbons (Fsp3) is 0.733. The second-order valence-electron chi connectivity index (χ2n) is 6.29.